The van der Waals surface area contributed by atoms with Crippen LogP contribution in [0.3, 0.4) is 0 Å². The first-order chi connectivity index (χ1) is 18.2. The number of carbonyl (C=O) groups excluding carboxylic acids is 2. The highest BCUT2D eigenvalue weighted by atomic mass is 32.2. The van der Waals surface area contributed by atoms with Crippen molar-refractivity contribution in [2.75, 3.05) is 5.32 Å². The Bertz CT molecular complexity index is 1420. The Hall–Kier alpha value is -2.54. The minimum Gasteiger partial charge on any atom is -0.373 e. The summed E-state index contributed by atoms with van der Waals surface area (Å²) in [5.74, 6) is -2.29. The van der Waals surface area contributed by atoms with E-state index in [1.807, 2.05) is 13.8 Å². The summed E-state index contributed by atoms with van der Waals surface area (Å²) in [6.07, 6.45) is 5.00. The van der Waals surface area contributed by atoms with Gasteiger partial charge in [-0.2, -0.15) is 21.6 Å². The fourth-order valence-electron chi connectivity index (χ4n) is 7.04. The standard InChI is InChI=1S/C26H28F4N2O5S2/c1-13-12-31-24(38-13)32-22(34)6-4-15-10-21(33)25(2)8-7-16-17(23(15)25)5-3-14-9-20(19(27)11-18(14)16)37-39(35,36)26(28,29)30/h9,11-12,15-17,23H,3-8,10H2,1-2H3,(H,31,32,34)/t15-,16?,17?,23?,25-/m1/s1. The molecule has 7 nitrogen and oxygen atoms in total. The number of Topliss-reactive ketones (excluding diaryl/α,β-unsaturated/α-hetero) is 1. The first-order valence-corrected chi connectivity index (χ1v) is 15.0. The number of carbonyl (C=O) groups is 2. The molecule has 3 unspecified atom stereocenters. The van der Waals surface area contributed by atoms with E-state index in [1.54, 1.807) is 6.20 Å². The lowest BCUT2D eigenvalue weighted by molar-refractivity contribution is -0.129. The number of anilines is 1. The van der Waals surface area contributed by atoms with Crippen LogP contribution in [0.5, 0.6) is 5.75 Å². The summed E-state index contributed by atoms with van der Waals surface area (Å²) in [7, 11) is -6.00. The van der Waals surface area contributed by atoms with E-state index in [0.29, 0.717) is 54.8 Å². The first kappa shape index (κ1) is 28.0. The second-order valence-corrected chi connectivity index (χ2v) is 13.8. The zero-order valence-corrected chi connectivity index (χ0v) is 22.9. The highest BCUT2D eigenvalue weighted by molar-refractivity contribution is 7.88. The second kappa shape index (κ2) is 9.83. The van der Waals surface area contributed by atoms with Crippen LogP contribution >= 0.6 is 11.3 Å². The maximum atomic E-state index is 14.9. The monoisotopic (exact) mass is 588 g/mol. The topological polar surface area (TPSA) is 102 Å². The third-order valence-corrected chi connectivity index (χ3v) is 10.5. The Labute approximate surface area is 227 Å². The molecule has 2 fully saturated rings. The number of thiazole rings is 1. The molecule has 212 valence electrons. The summed E-state index contributed by atoms with van der Waals surface area (Å²) in [5, 5.41) is 3.33. The lowest BCUT2D eigenvalue weighted by Gasteiger charge is -2.50. The summed E-state index contributed by atoms with van der Waals surface area (Å²) >= 11 is 1.38. The molecule has 3 aliphatic rings. The molecule has 13 heteroatoms. The largest absolute Gasteiger partial charge is 0.534 e. The van der Waals surface area contributed by atoms with Crippen molar-refractivity contribution in [2.45, 2.75) is 70.2 Å². The van der Waals surface area contributed by atoms with Crippen molar-refractivity contribution in [1.29, 1.82) is 0 Å². The number of rotatable bonds is 6. The third kappa shape index (κ3) is 5.07. The fraction of sp³-hybridized carbons (Fsp3) is 0.577. The van der Waals surface area contributed by atoms with Crippen LogP contribution in [0.15, 0.2) is 18.3 Å². The summed E-state index contributed by atoms with van der Waals surface area (Å²) in [5.41, 5.74) is -5.05. The first-order valence-electron chi connectivity index (χ1n) is 12.8. The molecular weight excluding hydrogens is 560 g/mol. The maximum Gasteiger partial charge on any atom is 0.534 e. The molecule has 1 aromatic carbocycles. The average Bonchev–Trinajstić information content (AvgIpc) is 3.36. The minimum absolute atomic E-state index is 0.0172. The van der Waals surface area contributed by atoms with Crippen LogP contribution < -0.4 is 9.50 Å². The Morgan fingerprint density at radius 2 is 2.03 bits per heavy atom. The van der Waals surface area contributed by atoms with Gasteiger partial charge in [-0.05, 0) is 86.0 Å². The Morgan fingerprint density at radius 3 is 2.69 bits per heavy atom. The Balaban J connectivity index is 1.35. The lowest BCUT2D eigenvalue weighted by Crippen LogP contribution is -2.44. The van der Waals surface area contributed by atoms with Crippen molar-refractivity contribution in [1.82, 2.24) is 4.98 Å². The van der Waals surface area contributed by atoms with Crippen molar-refractivity contribution in [3.8, 4) is 5.75 Å². The van der Waals surface area contributed by atoms with Gasteiger partial charge in [0.2, 0.25) is 5.91 Å². The number of nitrogens with zero attached hydrogens (tertiary/aromatic N) is 1. The van der Waals surface area contributed by atoms with Crippen molar-refractivity contribution in [3.05, 3.63) is 40.2 Å². The maximum absolute atomic E-state index is 14.9. The van der Waals surface area contributed by atoms with E-state index in [1.165, 1.54) is 11.3 Å². The van der Waals surface area contributed by atoms with Crippen LogP contribution in [0.4, 0.5) is 22.7 Å². The predicted molar refractivity (Wildman–Crippen MR) is 135 cm³/mol. The van der Waals surface area contributed by atoms with Crippen LogP contribution in [-0.4, -0.2) is 30.6 Å². The SMILES string of the molecule is Cc1cnc(NC(=O)CC[C@@H]2CC(=O)[C@@]3(C)CCC4c5cc(F)c(OS(=O)(=O)C(F)(F)F)cc5CCC4C23)s1. The number of aromatic nitrogens is 1. The quantitative estimate of drug-likeness (QED) is 0.257. The molecule has 39 heavy (non-hydrogen) atoms. The molecule has 2 saturated carbocycles. The molecule has 2 aromatic rings. The van der Waals surface area contributed by atoms with Gasteiger partial charge in [0.1, 0.15) is 5.78 Å². The normalized spacial score (nSPS) is 28.4. The molecule has 5 rings (SSSR count). The van der Waals surface area contributed by atoms with Gasteiger partial charge in [0.15, 0.2) is 16.7 Å². The number of amides is 1. The molecule has 0 aliphatic heterocycles. The highest BCUT2D eigenvalue weighted by Crippen LogP contribution is 2.62. The molecule has 0 saturated heterocycles. The van der Waals surface area contributed by atoms with Gasteiger partial charge in [0.25, 0.3) is 0 Å². The summed E-state index contributed by atoms with van der Waals surface area (Å²) in [6.45, 7) is 3.87. The van der Waals surface area contributed by atoms with E-state index in [2.05, 4.69) is 14.5 Å². The Kier molecular flexibility index (Phi) is 7.06. The van der Waals surface area contributed by atoms with Crippen molar-refractivity contribution < 1.29 is 39.8 Å². The van der Waals surface area contributed by atoms with Crippen molar-refractivity contribution >= 4 is 38.3 Å². The summed E-state index contributed by atoms with van der Waals surface area (Å²) in [4.78, 5) is 30.9. The van der Waals surface area contributed by atoms with Crippen LogP contribution in [0, 0.1) is 35.9 Å². The summed E-state index contributed by atoms with van der Waals surface area (Å²) < 4.78 is 80.1. The van der Waals surface area contributed by atoms with E-state index in [0.717, 1.165) is 17.0 Å². The van der Waals surface area contributed by atoms with Crippen LogP contribution in [0.1, 0.15) is 67.4 Å². The number of hydrogen-bond donors (Lipinski definition) is 1. The molecule has 3 aliphatic carbocycles. The number of nitrogens with one attached hydrogen (secondary N) is 1. The van der Waals surface area contributed by atoms with Gasteiger partial charge in [-0.25, -0.2) is 9.37 Å². The van der Waals surface area contributed by atoms with Gasteiger partial charge < -0.3 is 9.50 Å². The molecule has 0 spiro atoms. The molecule has 0 bridgehead atoms. The van der Waals surface area contributed by atoms with Crippen molar-refractivity contribution in [2.24, 2.45) is 23.2 Å². The zero-order valence-electron chi connectivity index (χ0n) is 21.3. The van der Waals surface area contributed by atoms with E-state index in [-0.39, 0.29) is 41.8 Å². The Morgan fingerprint density at radius 1 is 1.28 bits per heavy atom. The van der Waals surface area contributed by atoms with Crippen molar-refractivity contribution in [3.63, 3.8) is 0 Å². The molecule has 5 atom stereocenters. The van der Waals surface area contributed by atoms with Crippen LogP contribution in [-0.2, 0) is 26.1 Å². The van der Waals surface area contributed by atoms with Crippen LogP contribution in [0.2, 0.25) is 0 Å². The smallest absolute Gasteiger partial charge is 0.373 e. The van der Waals surface area contributed by atoms with E-state index >= 15 is 0 Å². The number of ketones is 1. The van der Waals surface area contributed by atoms with E-state index in [9.17, 15) is 35.6 Å². The lowest BCUT2D eigenvalue weighted by atomic mass is 9.54. The average molecular weight is 589 g/mol. The number of alkyl halides is 3. The number of benzene rings is 1. The summed E-state index contributed by atoms with van der Waals surface area (Å²) in [6, 6.07) is 2.14. The van der Waals surface area contributed by atoms with Gasteiger partial charge in [-0.1, -0.05) is 6.92 Å². The third-order valence-electron chi connectivity index (χ3n) is 8.71. The molecule has 1 N–H and O–H groups in total. The molecule has 1 amide bonds. The fourth-order valence-corrected chi connectivity index (χ4v) is 8.17. The van der Waals surface area contributed by atoms with Gasteiger partial charge in [0, 0.05) is 29.3 Å². The van der Waals surface area contributed by atoms with Gasteiger partial charge >= 0.3 is 15.6 Å². The number of aryl methyl sites for hydroxylation is 2. The molecule has 1 heterocycles. The number of halogens is 4. The van der Waals surface area contributed by atoms with Gasteiger partial charge in [-0.3, -0.25) is 9.59 Å². The molecular formula is C26H28F4N2O5S2. The molecule has 1 aromatic heterocycles. The predicted octanol–water partition coefficient (Wildman–Crippen LogP) is 5.89. The minimum atomic E-state index is -6.00. The number of fused-ring (bicyclic) bond motifs is 5. The van der Waals surface area contributed by atoms with Crippen LogP contribution in [0.25, 0.3) is 0 Å². The van der Waals surface area contributed by atoms with Gasteiger partial charge in [0.05, 0.1) is 0 Å². The van der Waals surface area contributed by atoms with E-state index in [4.69, 9.17) is 0 Å². The zero-order chi connectivity index (χ0) is 28.3. The number of hydrogen-bond acceptors (Lipinski definition) is 7. The van der Waals surface area contributed by atoms with Gasteiger partial charge in [-0.15, -0.1) is 11.3 Å². The second-order valence-electron chi connectivity index (χ2n) is 11.0. The molecule has 0 radical (unpaired) electrons. The van der Waals surface area contributed by atoms with E-state index < -0.39 is 32.6 Å². The highest BCUT2D eigenvalue weighted by Gasteiger charge is 2.58.